The average Bonchev–Trinajstić information content (AvgIpc) is 2.49. The lowest BCUT2D eigenvalue weighted by atomic mass is 10.2. The van der Waals surface area contributed by atoms with Gasteiger partial charge in [-0.2, -0.15) is 5.10 Å². The van der Waals surface area contributed by atoms with Crippen LogP contribution < -0.4 is 21.7 Å². The summed E-state index contributed by atoms with van der Waals surface area (Å²) in [6.45, 7) is 0.233. The van der Waals surface area contributed by atoms with Crippen LogP contribution in [0.3, 0.4) is 0 Å². The van der Waals surface area contributed by atoms with Gasteiger partial charge in [0.05, 0.1) is 29.7 Å². The Morgan fingerprint density at radius 2 is 2.14 bits per heavy atom. The topological polar surface area (TPSA) is 106 Å². The smallest absolute Gasteiger partial charge is 0.269 e. The van der Waals surface area contributed by atoms with Gasteiger partial charge in [0.2, 0.25) is 0 Å². The van der Waals surface area contributed by atoms with Crippen molar-refractivity contribution in [1.29, 1.82) is 0 Å². The van der Waals surface area contributed by atoms with Crippen LogP contribution in [0.25, 0.3) is 0 Å². The fourth-order valence-electron chi connectivity index (χ4n) is 1.68. The van der Waals surface area contributed by atoms with Crippen molar-refractivity contribution in [1.82, 2.24) is 20.2 Å². The molecule has 2 aromatic heterocycles. The van der Waals surface area contributed by atoms with Crippen molar-refractivity contribution in [3.05, 3.63) is 52.2 Å². The van der Waals surface area contributed by atoms with E-state index in [0.29, 0.717) is 11.3 Å². The molecule has 2 heterocycles. The van der Waals surface area contributed by atoms with Gasteiger partial charge in [-0.3, -0.25) is 20.0 Å². The predicted octanol–water partition coefficient (Wildman–Crippen LogP) is -0.644. The zero-order valence-corrected chi connectivity index (χ0v) is 11.8. The monoisotopic (exact) mass is 288 g/mol. The summed E-state index contributed by atoms with van der Waals surface area (Å²) < 4.78 is 1.30. The van der Waals surface area contributed by atoms with Crippen molar-refractivity contribution in [3.8, 4) is 0 Å². The van der Waals surface area contributed by atoms with Gasteiger partial charge in [0.15, 0.2) is 0 Å². The molecule has 21 heavy (non-hydrogen) atoms. The summed E-state index contributed by atoms with van der Waals surface area (Å²) in [4.78, 5) is 29.1. The molecule has 0 aromatic carbocycles. The van der Waals surface area contributed by atoms with E-state index in [9.17, 15) is 9.59 Å². The lowest BCUT2D eigenvalue weighted by Gasteiger charge is -2.12. The minimum Gasteiger partial charge on any atom is -0.376 e. The second-order valence-electron chi connectivity index (χ2n) is 4.62. The number of nitrogens with two attached hydrogens (primary N) is 1. The quantitative estimate of drug-likeness (QED) is 0.440. The zero-order chi connectivity index (χ0) is 15.4. The number of amides is 1. The minimum absolute atomic E-state index is 0.216. The maximum atomic E-state index is 11.9. The summed E-state index contributed by atoms with van der Waals surface area (Å²) in [5.41, 5.74) is 3.52. The lowest BCUT2D eigenvalue weighted by Crippen LogP contribution is -2.30. The van der Waals surface area contributed by atoms with Crippen molar-refractivity contribution >= 4 is 11.6 Å². The summed E-state index contributed by atoms with van der Waals surface area (Å²) in [6.07, 6.45) is 3.01. The number of nitrogens with one attached hydrogen (secondary N) is 1. The standard InChI is InChI=1S/C13H16N6O2/c1-18(2)11-5-12(20)19(16-7-11)8-10-4-3-9(6-15-10)13(21)17-14/h3-7H,8,14H2,1-2H3,(H,17,21). The molecule has 3 N–H and O–H groups in total. The van der Waals surface area contributed by atoms with Crippen molar-refractivity contribution in [2.75, 3.05) is 19.0 Å². The molecular formula is C13H16N6O2. The Balaban J connectivity index is 2.19. The van der Waals surface area contributed by atoms with Gasteiger partial charge >= 0.3 is 0 Å². The van der Waals surface area contributed by atoms with Crippen molar-refractivity contribution < 1.29 is 4.79 Å². The molecule has 0 radical (unpaired) electrons. The van der Waals surface area contributed by atoms with E-state index in [1.807, 2.05) is 19.5 Å². The van der Waals surface area contributed by atoms with E-state index < -0.39 is 5.91 Å². The Morgan fingerprint density at radius 3 is 2.67 bits per heavy atom. The van der Waals surface area contributed by atoms with Crippen LogP contribution in [0.15, 0.2) is 35.4 Å². The number of rotatable bonds is 4. The predicted molar refractivity (Wildman–Crippen MR) is 77.8 cm³/mol. The summed E-state index contributed by atoms with van der Waals surface area (Å²) in [7, 11) is 3.67. The molecule has 1 amide bonds. The van der Waals surface area contributed by atoms with Crippen molar-refractivity contribution in [2.45, 2.75) is 6.54 Å². The van der Waals surface area contributed by atoms with Gasteiger partial charge < -0.3 is 4.90 Å². The Labute approximate surface area is 121 Å². The molecule has 0 saturated heterocycles. The number of carbonyl (C=O) groups excluding carboxylic acids is 1. The second kappa shape index (κ2) is 6.14. The first-order valence-corrected chi connectivity index (χ1v) is 6.21. The highest BCUT2D eigenvalue weighted by molar-refractivity contribution is 5.93. The summed E-state index contributed by atoms with van der Waals surface area (Å²) in [5.74, 6) is 4.62. The number of hydrogen-bond acceptors (Lipinski definition) is 6. The minimum atomic E-state index is -0.417. The van der Waals surface area contributed by atoms with E-state index in [0.717, 1.165) is 5.69 Å². The van der Waals surface area contributed by atoms with E-state index in [4.69, 9.17) is 5.84 Å². The highest BCUT2D eigenvalue weighted by atomic mass is 16.2. The van der Waals surface area contributed by atoms with Gasteiger partial charge in [-0.1, -0.05) is 0 Å². The first kappa shape index (κ1) is 14.7. The van der Waals surface area contributed by atoms with E-state index in [-0.39, 0.29) is 12.1 Å². The molecule has 110 valence electrons. The Morgan fingerprint density at radius 1 is 1.38 bits per heavy atom. The maximum absolute atomic E-state index is 11.9. The van der Waals surface area contributed by atoms with Gasteiger partial charge in [-0.05, 0) is 12.1 Å². The third kappa shape index (κ3) is 3.42. The number of hydrogen-bond donors (Lipinski definition) is 2. The molecular weight excluding hydrogens is 272 g/mol. The normalized spacial score (nSPS) is 10.2. The van der Waals surface area contributed by atoms with Crippen LogP contribution in [0, 0.1) is 0 Å². The number of nitrogens with zero attached hydrogens (tertiary/aromatic N) is 4. The molecule has 0 atom stereocenters. The Bertz CT molecular complexity index is 693. The van der Waals surface area contributed by atoms with Crippen molar-refractivity contribution in [2.24, 2.45) is 5.84 Å². The van der Waals surface area contributed by atoms with Gasteiger partial charge in [-0.25, -0.2) is 10.5 Å². The molecule has 0 aliphatic carbocycles. The van der Waals surface area contributed by atoms with E-state index in [1.165, 1.54) is 16.9 Å². The lowest BCUT2D eigenvalue weighted by molar-refractivity contribution is 0.0953. The van der Waals surface area contributed by atoms with Crippen LogP contribution >= 0.6 is 0 Å². The van der Waals surface area contributed by atoms with Gasteiger partial charge in [-0.15, -0.1) is 0 Å². The average molecular weight is 288 g/mol. The molecule has 8 nitrogen and oxygen atoms in total. The van der Waals surface area contributed by atoms with Crippen LogP contribution in [0.4, 0.5) is 5.69 Å². The highest BCUT2D eigenvalue weighted by Gasteiger charge is 2.06. The summed E-state index contributed by atoms with van der Waals surface area (Å²) in [5, 5.41) is 4.09. The SMILES string of the molecule is CN(C)c1cnn(Cc2ccc(C(=O)NN)cn2)c(=O)c1. The number of anilines is 1. The molecule has 2 aromatic rings. The number of nitrogen functional groups attached to an aromatic ring is 1. The van der Waals surface area contributed by atoms with Crippen LogP contribution in [0.5, 0.6) is 0 Å². The van der Waals surface area contributed by atoms with Gasteiger partial charge in [0, 0.05) is 26.4 Å². The molecule has 0 saturated carbocycles. The first-order chi connectivity index (χ1) is 10.0. The first-order valence-electron chi connectivity index (χ1n) is 6.21. The summed E-state index contributed by atoms with van der Waals surface area (Å²) >= 11 is 0. The Kier molecular flexibility index (Phi) is 4.29. The molecule has 0 aliphatic heterocycles. The second-order valence-corrected chi connectivity index (χ2v) is 4.62. The molecule has 0 aliphatic rings. The number of hydrazine groups is 1. The van der Waals surface area contributed by atoms with E-state index in [2.05, 4.69) is 10.1 Å². The fraction of sp³-hybridized carbons (Fsp3) is 0.231. The molecule has 0 fully saturated rings. The summed E-state index contributed by atoms with van der Waals surface area (Å²) in [6, 6.07) is 4.74. The molecule has 8 heteroatoms. The van der Waals surface area contributed by atoms with Crippen molar-refractivity contribution in [3.63, 3.8) is 0 Å². The van der Waals surface area contributed by atoms with Crippen LogP contribution in [0.2, 0.25) is 0 Å². The Hall–Kier alpha value is -2.74. The van der Waals surface area contributed by atoms with Gasteiger partial charge in [0.25, 0.3) is 11.5 Å². The van der Waals surface area contributed by atoms with E-state index >= 15 is 0 Å². The number of carbonyl (C=O) groups is 1. The molecule has 0 bridgehead atoms. The van der Waals surface area contributed by atoms with E-state index in [1.54, 1.807) is 23.2 Å². The molecule has 2 rings (SSSR count). The number of aromatic nitrogens is 3. The maximum Gasteiger partial charge on any atom is 0.269 e. The van der Waals surface area contributed by atoms with Crippen LogP contribution in [0.1, 0.15) is 16.1 Å². The van der Waals surface area contributed by atoms with Gasteiger partial charge in [0.1, 0.15) is 0 Å². The molecule has 0 unspecified atom stereocenters. The van der Waals surface area contributed by atoms with Crippen LogP contribution in [-0.4, -0.2) is 34.8 Å². The van der Waals surface area contributed by atoms with Crippen LogP contribution in [-0.2, 0) is 6.54 Å². The molecule has 0 spiro atoms. The largest absolute Gasteiger partial charge is 0.376 e. The third-order valence-electron chi connectivity index (χ3n) is 2.90. The number of pyridine rings is 1. The highest BCUT2D eigenvalue weighted by Crippen LogP contribution is 2.05. The fourth-order valence-corrected chi connectivity index (χ4v) is 1.68. The zero-order valence-electron chi connectivity index (χ0n) is 11.8. The third-order valence-corrected chi connectivity index (χ3v) is 2.90.